The topological polar surface area (TPSA) is 175 Å². The zero-order valence-corrected chi connectivity index (χ0v) is 51.1. The normalized spacial score (nSPS) is 18.7. The van der Waals surface area contributed by atoms with Gasteiger partial charge in [0.2, 0.25) is 0 Å². The third-order valence-corrected chi connectivity index (χ3v) is 13.1. The van der Waals surface area contributed by atoms with Gasteiger partial charge in [-0.3, -0.25) is 14.4 Å². The average molecular weight is 1150 g/mol. The molecule has 0 aromatic rings. The van der Waals surface area contributed by atoms with Crippen LogP contribution < -0.4 is 0 Å². The van der Waals surface area contributed by atoms with Crippen LogP contribution in [0.15, 0.2) is 158 Å². The molecule has 1 saturated heterocycles. The third-order valence-electron chi connectivity index (χ3n) is 13.1. The lowest BCUT2D eigenvalue weighted by molar-refractivity contribution is -0.301. The molecule has 0 aromatic carbocycles. The molecular formula is C71H108O12. The van der Waals surface area contributed by atoms with E-state index in [2.05, 4.69) is 154 Å². The van der Waals surface area contributed by atoms with Crippen molar-refractivity contribution in [3.63, 3.8) is 0 Å². The Morgan fingerprint density at radius 2 is 0.759 bits per heavy atom. The zero-order chi connectivity index (χ0) is 60.3. The number of allylic oxidation sites excluding steroid dienone is 25. The monoisotopic (exact) mass is 1150 g/mol. The van der Waals surface area contributed by atoms with Gasteiger partial charge in [-0.15, -0.1) is 0 Å². The zero-order valence-electron chi connectivity index (χ0n) is 51.1. The van der Waals surface area contributed by atoms with Gasteiger partial charge in [-0.2, -0.15) is 0 Å². The molecule has 1 aliphatic heterocycles. The molecule has 3 N–H and O–H groups in total. The smallest absolute Gasteiger partial charge is 0.335 e. The Morgan fingerprint density at radius 1 is 0.410 bits per heavy atom. The van der Waals surface area contributed by atoms with Crippen LogP contribution in [0, 0.1) is 0 Å². The number of aliphatic carboxylic acids is 1. The highest BCUT2D eigenvalue weighted by Crippen LogP contribution is 2.26. The predicted octanol–water partition coefficient (Wildman–Crippen LogP) is 16.9. The molecule has 0 bridgehead atoms. The molecule has 1 aliphatic rings. The summed E-state index contributed by atoms with van der Waals surface area (Å²) in [5.74, 6) is -3.35. The van der Waals surface area contributed by atoms with Gasteiger partial charge in [0.05, 0.1) is 13.0 Å². The Labute approximate surface area is 501 Å². The number of esters is 3. The average Bonchev–Trinajstić information content (AvgIpc) is 3.60. The standard InChI is InChI=1S/C71H108O12/c1-4-7-10-13-16-19-22-25-28-30-32-34-37-39-42-45-48-51-54-57-63(72)79-60-62(81-64(73)58-55-52-49-46-43-40-36-27-24-21-18-15-12-9-6-3)61-80-71-69(67(76)66(75)68(83-71)70(77)78)82-65(74)59-56-53-50-47-44-41-38-35-33-31-29-26-23-20-17-14-11-8-5-2/h7-12,16-21,25-29,32-36,43,46,52,55,62,66-69,71,75-76H,4-6,13-15,22-24,30-31,37-42,44-45,47-51,53-54,56-61H2,1-3H3,(H,77,78)/b10-7-,11-8-,12-9-,19-16-,20-17-,21-18-,28-25-,29-26-,34-32-,35-33-,36-27-,46-43-,55-52-. The van der Waals surface area contributed by atoms with Crippen molar-refractivity contribution >= 4 is 23.9 Å². The minimum atomic E-state index is -1.93. The molecule has 0 spiro atoms. The van der Waals surface area contributed by atoms with E-state index in [1.54, 1.807) is 6.08 Å². The van der Waals surface area contributed by atoms with Gasteiger partial charge in [-0.25, -0.2) is 4.79 Å². The van der Waals surface area contributed by atoms with E-state index in [9.17, 15) is 34.5 Å². The molecule has 83 heavy (non-hydrogen) atoms. The lowest BCUT2D eigenvalue weighted by Gasteiger charge is -2.40. The van der Waals surface area contributed by atoms with Gasteiger partial charge >= 0.3 is 23.9 Å². The molecule has 0 aliphatic carbocycles. The maximum absolute atomic E-state index is 13.1. The van der Waals surface area contributed by atoms with Gasteiger partial charge < -0.3 is 39.0 Å². The number of unbranched alkanes of at least 4 members (excludes halogenated alkanes) is 12. The van der Waals surface area contributed by atoms with Crippen LogP contribution in [-0.2, 0) is 42.9 Å². The molecule has 1 fully saturated rings. The van der Waals surface area contributed by atoms with Crippen molar-refractivity contribution < 1.29 is 58.2 Å². The highest BCUT2D eigenvalue weighted by atomic mass is 16.7. The van der Waals surface area contributed by atoms with E-state index >= 15 is 0 Å². The Bertz CT molecular complexity index is 2050. The first-order valence-corrected chi connectivity index (χ1v) is 31.5. The van der Waals surface area contributed by atoms with E-state index in [0.29, 0.717) is 19.3 Å². The van der Waals surface area contributed by atoms with Gasteiger partial charge in [0, 0.05) is 12.8 Å². The van der Waals surface area contributed by atoms with Gasteiger partial charge in [0.25, 0.3) is 0 Å². The second-order valence-corrected chi connectivity index (χ2v) is 20.6. The summed E-state index contributed by atoms with van der Waals surface area (Å²) in [6.45, 7) is 5.55. The number of aliphatic hydroxyl groups excluding tert-OH is 2. The number of rotatable bonds is 51. The first kappa shape index (κ1) is 75.4. The SMILES string of the molecule is CC/C=C\C/C=C\C/C=C\C/C=C\C/C=C\CC(=O)OC(COC(=O)CCCCCCCC/C=C\C/C=C\C/C=C\C/C=C\CC)COC1OC(C(=O)O)C(O)C(O)C1OC(=O)CCCCCCCC/C=C\C/C=C\C/C=C\C/C=C\CC. The molecule has 1 heterocycles. The van der Waals surface area contributed by atoms with E-state index in [0.717, 1.165) is 154 Å². The quantitative estimate of drug-likeness (QED) is 0.0228. The predicted molar refractivity (Wildman–Crippen MR) is 339 cm³/mol. The van der Waals surface area contributed by atoms with Crippen LogP contribution in [0.25, 0.3) is 0 Å². The van der Waals surface area contributed by atoms with E-state index in [-0.39, 0.29) is 25.9 Å². The fourth-order valence-corrected chi connectivity index (χ4v) is 8.42. The van der Waals surface area contributed by atoms with Crippen molar-refractivity contribution in [1.82, 2.24) is 0 Å². The van der Waals surface area contributed by atoms with Gasteiger partial charge in [0.1, 0.15) is 18.8 Å². The van der Waals surface area contributed by atoms with Crippen LogP contribution in [-0.4, -0.2) is 89.2 Å². The molecule has 464 valence electrons. The maximum atomic E-state index is 13.1. The number of carboxylic acid groups (broad SMARTS) is 1. The largest absolute Gasteiger partial charge is 0.479 e. The number of hydrogen-bond acceptors (Lipinski definition) is 11. The van der Waals surface area contributed by atoms with Crippen LogP contribution in [0.3, 0.4) is 0 Å². The fourth-order valence-electron chi connectivity index (χ4n) is 8.42. The summed E-state index contributed by atoms with van der Waals surface area (Å²) >= 11 is 0. The summed E-state index contributed by atoms with van der Waals surface area (Å²) in [5, 5.41) is 31.6. The molecule has 6 atom stereocenters. The summed E-state index contributed by atoms with van der Waals surface area (Å²) in [7, 11) is 0. The number of carbonyl (C=O) groups excluding carboxylic acids is 3. The second kappa shape index (κ2) is 56.8. The van der Waals surface area contributed by atoms with Crippen molar-refractivity contribution in [2.24, 2.45) is 0 Å². The lowest BCUT2D eigenvalue weighted by Crippen LogP contribution is -2.61. The second-order valence-electron chi connectivity index (χ2n) is 20.6. The summed E-state index contributed by atoms with van der Waals surface area (Å²) in [4.78, 5) is 51.2. The molecule has 0 amide bonds. The lowest BCUT2D eigenvalue weighted by atomic mass is 9.98. The molecule has 0 saturated carbocycles. The summed E-state index contributed by atoms with van der Waals surface area (Å²) in [6, 6.07) is 0. The number of carbonyl (C=O) groups is 4. The van der Waals surface area contributed by atoms with Gasteiger partial charge in [-0.05, 0) is 122 Å². The van der Waals surface area contributed by atoms with Crippen molar-refractivity contribution in [3.8, 4) is 0 Å². The molecule has 0 radical (unpaired) electrons. The molecular weight excluding hydrogens is 1040 g/mol. The Morgan fingerprint density at radius 3 is 1.16 bits per heavy atom. The van der Waals surface area contributed by atoms with Crippen LogP contribution in [0.4, 0.5) is 0 Å². The van der Waals surface area contributed by atoms with Gasteiger partial charge in [-0.1, -0.05) is 230 Å². The van der Waals surface area contributed by atoms with Gasteiger partial charge in [0.15, 0.2) is 24.6 Å². The van der Waals surface area contributed by atoms with E-state index in [1.807, 2.05) is 18.2 Å². The van der Waals surface area contributed by atoms with Crippen LogP contribution in [0.5, 0.6) is 0 Å². The molecule has 1 rings (SSSR count). The highest BCUT2D eigenvalue weighted by Gasteiger charge is 2.50. The summed E-state index contributed by atoms with van der Waals surface area (Å²) in [6.07, 6.45) is 70.8. The van der Waals surface area contributed by atoms with Crippen molar-refractivity contribution in [3.05, 3.63) is 158 Å². The summed E-state index contributed by atoms with van der Waals surface area (Å²) in [5.41, 5.74) is 0. The first-order valence-electron chi connectivity index (χ1n) is 31.5. The molecule has 0 aromatic heterocycles. The Hall–Kier alpha value is -5.66. The van der Waals surface area contributed by atoms with Crippen molar-refractivity contribution in [2.45, 2.75) is 250 Å². The molecule has 6 unspecified atom stereocenters. The Balaban J connectivity index is 2.73. The van der Waals surface area contributed by atoms with E-state index in [1.165, 1.54) is 0 Å². The van der Waals surface area contributed by atoms with Crippen molar-refractivity contribution in [2.75, 3.05) is 13.2 Å². The number of carboxylic acids is 1. The highest BCUT2D eigenvalue weighted by molar-refractivity contribution is 5.74. The number of ether oxygens (including phenoxy) is 5. The minimum absolute atomic E-state index is 0.0228. The molecule has 12 nitrogen and oxygen atoms in total. The number of aliphatic hydroxyl groups is 2. The summed E-state index contributed by atoms with van der Waals surface area (Å²) < 4.78 is 28.3. The third kappa shape index (κ3) is 46.4. The first-order chi connectivity index (χ1) is 40.6. The van der Waals surface area contributed by atoms with Crippen molar-refractivity contribution in [1.29, 1.82) is 0 Å². The van der Waals surface area contributed by atoms with Crippen LogP contribution >= 0.6 is 0 Å². The minimum Gasteiger partial charge on any atom is -0.479 e. The Kier molecular flexibility index (Phi) is 51.6. The van der Waals surface area contributed by atoms with Crippen LogP contribution in [0.2, 0.25) is 0 Å². The van der Waals surface area contributed by atoms with E-state index < -0.39 is 67.3 Å². The van der Waals surface area contributed by atoms with Crippen LogP contribution in [0.1, 0.15) is 213 Å². The van der Waals surface area contributed by atoms with E-state index in [4.69, 9.17) is 23.7 Å². The number of hydrogen-bond donors (Lipinski definition) is 3. The maximum Gasteiger partial charge on any atom is 0.335 e. The molecule has 12 heteroatoms. The fraction of sp³-hybridized carbons (Fsp3) is 0.577.